The summed E-state index contributed by atoms with van der Waals surface area (Å²) in [6.07, 6.45) is 0. The molecule has 3 aromatic rings. The second-order valence-electron chi connectivity index (χ2n) is 6.71. The lowest BCUT2D eigenvalue weighted by atomic mass is 10.2. The van der Waals surface area contributed by atoms with Crippen molar-refractivity contribution in [1.29, 1.82) is 0 Å². The molecule has 0 atom stereocenters. The summed E-state index contributed by atoms with van der Waals surface area (Å²) in [5.74, 6) is 0.833. The number of nitrogens with zero attached hydrogens (tertiary/aromatic N) is 1. The molecule has 0 saturated heterocycles. The fourth-order valence-electron chi connectivity index (χ4n) is 2.86. The molecule has 160 valence electrons. The van der Waals surface area contributed by atoms with Crippen LogP contribution in [0.4, 0.5) is 0 Å². The van der Waals surface area contributed by atoms with E-state index in [4.69, 9.17) is 18.9 Å². The minimum absolute atomic E-state index is 0.192. The predicted molar refractivity (Wildman–Crippen MR) is 112 cm³/mol. The summed E-state index contributed by atoms with van der Waals surface area (Å²) >= 11 is 1.55. The number of hydrogen-bond donors (Lipinski definition) is 1. The first-order valence-corrected chi connectivity index (χ1v) is 10.4. The highest BCUT2D eigenvalue weighted by molar-refractivity contribution is 7.09. The number of hydrogen-bond acceptors (Lipinski definition) is 8. The standard InChI is InChI=1S/C22H20N2O6S/c1-14-24-17(12-31-14)10-27-18-4-2-3-16(8-18)22(26)28-11-21(25)23-9-15-5-6-19-20(7-15)30-13-29-19/h2-8,12H,9-11,13H2,1H3,(H,23,25). The molecule has 0 radical (unpaired) electrons. The van der Waals surface area contributed by atoms with Crippen molar-refractivity contribution in [2.75, 3.05) is 13.4 Å². The largest absolute Gasteiger partial charge is 0.487 e. The van der Waals surface area contributed by atoms with E-state index in [0.29, 0.717) is 29.4 Å². The Balaban J connectivity index is 1.24. The molecule has 0 bridgehead atoms. The van der Waals surface area contributed by atoms with E-state index in [0.717, 1.165) is 16.3 Å². The van der Waals surface area contributed by atoms with Gasteiger partial charge in [0.1, 0.15) is 12.4 Å². The summed E-state index contributed by atoms with van der Waals surface area (Å²) in [5.41, 5.74) is 1.98. The fourth-order valence-corrected chi connectivity index (χ4v) is 3.46. The van der Waals surface area contributed by atoms with Crippen LogP contribution in [0, 0.1) is 6.92 Å². The number of benzene rings is 2. The van der Waals surface area contributed by atoms with Gasteiger partial charge in [0.2, 0.25) is 6.79 Å². The van der Waals surface area contributed by atoms with Crippen LogP contribution in [0.1, 0.15) is 26.6 Å². The zero-order valence-corrected chi connectivity index (χ0v) is 17.6. The van der Waals surface area contributed by atoms with E-state index in [2.05, 4.69) is 10.3 Å². The molecule has 0 saturated carbocycles. The van der Waals surface area contributed by atoms with Crippen molar-refractivity contribution in [3.63, 3.8) is 0 Å². The maximum Gasteiger partial charge on any atom is 0.338 e. The van der Waals surface area contributed by atoms with Gasteiger partial charge in [-0.1, -0.05) is 12.1 Å². The van der Waals surface area contributed by atoms with E-state index in [1.807, 2.05) is 18.4 Å². The lowest BCUT2D eigenvalue weighted by Gasteiger charge is -2.09. The highest BCUT2D eigenvalue weighted by Gasteiger charge is 2.14. The highest BCUT2D eigenvalue weighted by atomic mass is 32.1. The Bertz CT molecular complexity index is 1100. The number of aryl methyl sites for hydroxylation is 1. The number of carbonyl (C=O) groups excluding carboxylic acids is 2. The minimum atomic E-state index is -0.604. The summed E-state index contributed by atoms with van der Waals surface area (Å²) in [4.78, 5) is 28.7. The third-order valence-electron chi connectivity index (χ3n) is 4.38. The molecule has 4 rings (SSSR count). The molecule has 0 fully saturated rings. The van der Waals surface area contributed by atoms with Gasteiger partial charge in [-0.3, -0.25) is 4.79 Å². The number of nitrogens with one attached hydrogen (secondary N) is 1. The average Bonchev–Trinajstić information content (AvgIpc) is 3.43. The summed E-state index contributed by atoms with van der Waals surface area (Å²) < 4.78 is 21.4. The molecule has 0 unspecified atom stereocenters. The molecule has 1 aliphatic heterocycles. The predicted octanol–water partition coefficient (Wildman–Crippen LogP) is 3.23. The van der Waals surface area contributed by atoms with Crippen molar-refractivity contribution in [3.05, 3.63) is 69.7 Å². The molecule has 2 heterocycles. The van der Waals surface area contributed by atoms with E-state index in [1.165, 1.54) is 0 Å². The molecule has 1 aliphatic rings. The summed E-state index contributed by atoms with van der Waals surface area (Å²) in [6.45, 7) is 2.33. The molecule has 0 spiro atoms. The first kappa shape index (κ1) is 20.7. The van der Waals surface area contributed by atoms with Crippen LogP contribution >= 0.6 is 11.3 Å². The molecule has 1 aromatic heterocycles. The zero-order chi connectivity index (χ0) is 21.6. The highest BCUT2D eigenvalue weighted by Crippen LogP contribution is 2.32. The Kier molecular flexibility index (Phi) is 6.32. The van der Waals surface area contributed by atoms with Crippen LogP contribution in [0.2, 0.25) is 0 Å². The number of carbonyl (C=O) groups is 2. The van der Waals surface area contributed by atoms with E-state index < -0.39 is 11.9 Å². The van der Waals surface area contributed by atoms with Crippen LogP contribution in [0.15, 0.2) is 47.8 Å². The first-order chi connectivity index (χ1) is 15.1. The van der Waals surface area contributed by atoms with E-state index in [-0.39, 0.29) is 19.9 Å². The molecule has 1 amide bonds. The van der Waals surface area contributed by atoms with Gasteiger partial charge >= 0.3 is 5.97 Å². The zero-order valence-electron chi connectivity index (χ0n) is 16.8. The van der Waals surface area contributed by atoms with Crippen molar-refractivity contribution in [1.82, 2.24) is 10.3 Å². The Hall–Kier alpha value is -3.59. The van der Waals surface area contributed by atoms with Crippen molar-refractivity contribution in [2.45, 2.75) is 20.1 Å². The molecule has 8 nitrogen and oxygen atoms in total. The molecule has 1 N–H and O–H groups in total. The van der Waals surface area contributed by atoms with Crippen LogP contribution in [0.5, 0.6) is 17.2 Å². The van der Waals surface area contributed by atoms with Gasteiger partial charge in [0, 0.05) is 11.9 Å². The number of amides is 1. The van der Waals surface area contributed by atoms with E-state index in [1.54, 1.807) is 47.7 Å². The number of aromatic nitrogens is 1. The fraction of sp³-hybridized carbons (Fsp3) is 0.227. The van der Waals surface area contributed by atoms with Crippen LogP contribution in [-0.2, 0) is 22.7 Å². The molecular formula is C22H20N2O6S. The molecule has 2 aromatic carbocycles. The van der Waals surface area contributed by atoms with Gasteiger partial charge in [-0.25, -0.2) is 9.78 Å². The van der Waals surface area contributed by atoms with Crippen molar-refractivity contribution in [3.8, 4) is 17.2 Å². The minimum Gasteiger partial charge on any atom is -0.487 e. The maximum atomic E-state index is 12.3. The second-order valence-corrected chi connectivity index (χ2v) is 7.78. The van der Waals surface area contributed by atoms with Crippen molar-refractivity contribution >= 4 is 23.2 Å². The average molecular weight is 440 g/mol. The molecule has 0 aliphatic carbocycles. The lowest BCUT2D eigenvalue weighted by Crippen LogP contribution is -2.28. The molecular weight excluding hydrogens is 420 g/mol. The van der Waals surface area contributed by atoms with E-state index in [9.17, 15) is 9.59 Å². The smallest absolute Gasteiger partial charge is 0.338 e. The van der Waals surface area contributed by atoms with Crippen molar-refractivity contribution in [2.24, 2.45) is 0 Å². The SMILES string of the molecule is Cc1nc(COc2cccc(C(=O)OCC(=O)NCc3ccc4c(c3)OCO4)c2)cs1. The number of esters is 1. The Morgan fingerprint density at radius 2 is 2.03 bits per heavy atom. The van der Waals surface area contributed by atoms with Gasteiger partial charge in [0.05, 0.1) is 16.3 Å². The normalized spacial score (nSPS) is 11.8. The van der Waals surface area contributed by atoms with Crippen LogP contribution in [0.3, 0.4) is 0 Å². The second kappa shape index (κ2) is 9.48. The third-order valence-corrected chi connectivity index (χ3v) is 5.21. The molecule has 9 heteroatoms. The van der Waals surface area contributed by atoms with Crippen LogP contribution < -0.4 is 19.5 Å². The van der Waals surface area contributed by atoms with Gasteiger partial charge in [-0.05, 0) is 42.8 Å². The van der Waals surface area contributed by atoms with Crippen LogP contribution in [0.25, 0.3) is 0 Å². The Morgan fingerprint density at radius 3 is 2.87 bits per heavy atom. The summed E-state index contributed by atoms with van der Waals surface area (Å²) in [6, 6.07) is 12.0. The number of thiazole rings is 1. The van der Waals surface area contributed by atoms with Crippen molar-refractivity contribution < 1.29 is 28.5 Å². The maximum absolute atomic E-state index is 12.3. The van der Waals surface area contributed by atoms with Crippen LogP contribution in [-0.4, -0.2) is 30.3 Å². The van der Waals surface area contributed by atoms with Gasteiger partial charge in [0.15, 0.2) is 18.1 Å². The Labute approximate surface area is 182 Å². The molecule has 31 heavy (non-hydrogen) atoms. The quantitative estimate of drug-likeness (QED) is 0.537. The van der Waals surface area contributed by atoms with Gasteiger partial charge in [-0.2, -0.15) is 0 Å². The van der Waals surface area contributed by atoms with E-state index >= 15 is 0 Å². The number of fused-ring (bicyclic) bond motifs is 1. The Morgan fingerprint density at radius 1 is 1.16 bits per heavy atom. The topological polar surface area (TPSA) is 96.0 Å². The van der Waals surface area contributed by atoms with Gasteiger partial charge < -0.3 is 24.3 Å². The monoisotopic (exact) mass is 440 g/mol. The number of ether oxygens (including phenoxy) is 4. The first-order valence-electron chi connectivity index (χ1n) is 9.53. The lowest BCUT2D eigenvalue weighted by molar-refractivity contribution is -0.124. The van der Waals surface area contributed by atoms with Gasteiger partial charge in [-0.15, -0.1) is 11.3 Å². The third kappa shape index (κ3) is 5.52. The number of rotatable bonds is 8. The summed E-state index contributed by atoms with van der Waals surface area (Å²) in [7, 11) is 0. The van der Waals surface area contributed by atoms with Gasteiger partial charge in [0.25, 0.3) is 5.91 Å². The summed E-state index contributed by atoms with van der Waals surface area (Å²) in [5, 5.41) is 5.60.